The molecule has 0 aromatic carbocycles. The number of nitrogens with zero attached hydrogens (tertiary/aromatic N) is 3. The predicted molar refractivity (Wildman–Crippen MR) is 63.4 cm³/mol. The summed E-state index contributed by atoms with van der Waals surface area (Å²) in [6.07, 6.45) is 3.93. The molecule has 0 saturated carbocycles. The Morgan fingerprint density at radius 1 is 1.22 bits per heavy atom. The second-order valence-electron chi connectivity index (χ2n) is 3.69. The maximum Gasteiger partial charge on any atom is 0.356 e. The molecule has 0 aliphatic carbocycles. The maximum atomic E-state index is 11.5. The van der Waals surface area contributed by atoms with E-state index in [4.69, 9.17) is 5.11 Å². The van der Waals surface area contributed by atoms with E-state index in [1.54, 1.807) is 12.4 Å². The third kappa shape index (κ3) is 2.79. The minimum Gasteiger partial charge on any atom is -0.476 e. The minimum absolute atomic E-state index is 0.135. The molecule has 18 heavy (non-hydrogen) atoms. The van der Waals surface area contributed by atoms with Crippen LogP contribution in [0.15, 0.2) is 41.5 Å². The summed E-state index contributed by atoms with van der Waals surface area (Å²) in [5.74, 6) is -1.15. The van der Waals surface area contributed by atoms with Crippen molar-refractivity contribution in [1.29, 1.82) is 0 Å². The van der Waals surface area contributed by atoms with Gasteiger partial charge in [-0.25, -0.2) is 9.48 Å². The molecule has 92 valence electrons. The lowest BCUT2D eigenvalue weighted by Crippen LogP contribution is -2.25. The quantitative estimate of drug-likeness (QED) is 0.851. The molecular formula is C12H11N3O3. The van der Waals surface area contributed by atoms with Gasteiger partial charge in [0.15, 0.2) is 5.69 Å². The fraction of sp³-hybridized carbons (Fsp3) is 0.167. The molecule has 0 aliphatic heterocycles. The molecular weight excluding hydrogens is 234 g/mol. The molecule has 0 bridgehead atoms. The zero-order valence-electron chi connectivity index (χ0n) is 9.48. The van der Waals surface area contributed by atoms with Crippen LogP contribution in [0, 0.1) is 0 Å². The Labute approximate surface area is 103 Å². The van der Waals surface area contributed by atoms with Crippen molar-refractivity contribution in [3.05, 3.63) is 58.3 Å². The van der Waals surface area contributed by atoms with E-state index in [9.17, 15) is 9.59 Å². The van der Waals surface area contributed by atoms with Crippen LogP contribution in [0.1, 0.15) is 16.1 Å². The van der Waals surface area contributed by atoms with Crippen molar-refractivity contribution in [3.63, 3.8) is 0 Å². The van der Waals surface area contributed by atoms with Crippen molar-refractivity contribution < 1.29 is 9.90 Å². The monoisotopic (exact) mass is 245 g/mol. The first-order chi connectivity index (χ1) is 8.66. The van der Waals surface area contributed by atoms with Crippen molar-refractivity contribution in [2.75, 3.05) is 0 Å². The molecule has 0 unspecified atom stereocenters. The number of pyridine rings is 1. The number of hydrogen-bond donors (Lipinski definition) is 1. The smallest absolute Gasteiger partial charge is 0.356 e. The highest BCUT2D eigenvalue weighted by Crippen LogP contribution is 1.99. The number of aromatic nitrogens is 3. The Morgan fingerprint density at radius 3 is 2.61 bits per heavy atom. The van der Waals surface area contributed by atoms with Crippen molar-refractivity contribution in [1.82, 2.24) is 14.8 Å². The van der Waals surface area contributed by atoms with Crippen LogP contribution in [0.5, 0.6) is 0 Å². The SMILES string of the molecule is O=C(O)c1ccc(=O)n(CCc2ccncc2)n1. The molecule has 0 amide bonds. The number of hydrogen-bond acceptors (Lipinski definition) is 4. The molecule has 2 heterocycles. The Balaban J connectivity index is 2.16. The topological polar surface area (TPSA) is 85.1 Å². The second kappa shape index (κ2) is 5.22. The standard InChI is InChI=1S/C12H11N3O3/c16-11-2-1-10(12(17)18)14-15(11)8-5-9-3-6-13-7-4-9/h1-4,6-7H,5,8H2,(H,17,18). The molecule has 0 fully saturated rings. The van der Waals surface area contributed by atoms with Gasteiger partial charge in [0.05, 0.1) is 0 Å². The molecule has 6 heteroatoms. The summed E-state index contributed by atoms with van der Waals surface area (Å²) >= 11 is 0. The van der Waals surface area contributed by atoms with E-state index in [-0.39, 0.29) is 11.3 Å². The van der Waals surface area contributed by atoms with E-state index >= 15 is 0 Å². The molecule has 0 aliphatic rings. The van der Waals surface area contributed by atoms with Crippen molar-refractivity contribution >= 4 is 5.97 Å². The van der Waals surface area contributed by atoms with Crippen LogP contribution >= 0.6 is 0 Å². The van der Waals surface area contributed by atoms with Gasteiger partial charge in [0, 0.05) is 25.0 Å². The second-order valence-corrected chi connectivity index (χ2v) is 3.69. The van der Waals surface area contributed by atoms with Gasteiger partial charge in [0.2, 0.25) is 0 Å². The molecule has 0 saturated heterocycles. The highest BCUT2D eigenvalue weighted by atomic mass is 16.4. The Kier molecular flexibility index (Phi) is 3.47. The lowest BCUT2D eigenvalue weighted by atomic mass is 10.2. The van der Waals surface area contributed by atoms with Gasteiger partial charge in [-0.1, -0.05) is 0 Å². The average molecular weight is 245 g/mol. The molecule has 1 N–H and O–H groups in total. The van der Waals surface area contributed by atoms with Crippen LogP contribution in [0.2, 0.25) is 0 Å². The van der Waals surface area contributed by atoms with Gasteiger partial charge in [-0.15, -0.1) is 0 Å². The average Bonchev–Trinajstić information content (AvgIpc) is 2.38. The highest BCUT2D eigenvalue weighted by molar-refractivity contribution is 5.84. The van der Waals surface area contributed by atoms with Crippen LogP contribution in [-0.2, 0) is 13.0 Å². The van der Waals surface area contributed by atoms with E-state index in [0.717, 1.165) is 10.2 Å². The van der Waals surface area contributed by atoms with Gasteiger partial charge in [-0.05, 0) is 30.2 Å². The Morgan fingerprint density at radius 2 is 1.94 bits per heavy atom. The molecule has 2 aromatic heterocycles. The fourth-order valence-corrected chi connectivity index (χ4v) is 1.51. The van der Waals surface area contributed by atoms with Gasteiger partial charge in [0.25, 0.3) is 5.56 Å². The number of carboxylic acids is 1. The maximum absolute atomic E-state index is 11.5. The first kappa shape index (κ1) is 12.0. The lowest BCUT2D eigenvalue weighted by molar-refractivity contribution is 0.0687. The van der Waals surface area contributed by atoms with Gasteiger partial charge >= 0.3 is 5.97 Å². The van der Waals surface area contributed by atoms with E-state index in [0.29, 0.717) is 13.0 Å². The van der Waals surface area contributed by atoms with Crippen LogP contribution < -0.4 is 5.56 Å². The number of carbonyl (C=O) groups is 1. The number of aromatic carboxylic acids is 1. The zero-order chi connectivity index (χ0) is 13.0. The number of rotatable bonds is 4. The number of carboxylic acid groups (broad SMARTS) is 1. The van der Waals surface area contributed by atoms with Crippen molar-refractivity contribution in [3.8, 4) is 0 Å². The van der Waals surface area contributed by atoms with E-state index < -0.39 is 5.97 Å². The summed E-state index contributed by atoms with van der Waals surface area (Å²) in [5, 5.41) is 12.6. The normalized spacial score (nSPS) is 10.2. The third-order valence-electron chi connectivity index (χ3n) is 2.45. The predicted octanol–water partition coefficient (Wildman–Crippen LogP) is 0.579. The summed E-state index contributed by atoms with van der Waals surface area (Å²) in [7, 11) is 0. The van der Waals surface area contributed by atoms with Gasteiger partial charge in [-0.2, -0.15) is 5.10 Å². The molecule has 0 atom stereocenters. The molecule has 2 rings (SSSR count). The summed E-state index contributed by atoms with van der Waals surface area (Å²) < 4.78 is 1.16. The summed E-state index contributed by atoms with van der Waals surface area (Å²) in [6, 6.07) is 6.09. The van der Waals surface area contributed by atoms with E-state index in [1.807, 2.05) is 12.1 Å². The zero-order valence-corrected chi connectivity index (χ0v) is 9.48. The van der Waals surface area contributed by atoms with Crippen LogP contribution in [-0.4, -0.2) is 25.8 Å². The summed E-state index contributed by atoms with van der Waals surface area (Å²) in [5.41, 5.74) is 0.567. The van der Waals surface area contributed by atoms with Crippen LogP contribution in [0.3, 0.4) is 0 Å². The van der Waals surface area contributed by atoms with Gasteiger partial charge < -0.3 is 5.11 Å². The first-order valence-corrected chi connectivity index (χ1v) is 5.37. The third-order valence-corrected chi connectivity index (χ3v) is 2.45. The van der Waals surface area contributed by atoms with Gasteiger partial charge in [0.1, 0.15) is 0 Å². The minimum atomic E-state index is -1.15. The highest BCUT2D eigenvalue weighted by Gasteiger charge is 2.07. The first-order valence-electron chi connectivity index (χ1n) is 5.37. The lowest BCUT2D eigenvalue weighted by Gasteiger charge is -2.04. The molecule has 0 radical (unpaired) electrons. The Bertz CT molecular complexity index is 607. The summed E-state index contributed by atoms with van der Waals surface area (Å²) in [6.45, 7) is 0.337. The van der Waals surface area contributed by atoms with E-state index in [2.05, 4.69) is 10.1 Å². The Hall–Kier alpha value is -2.50. The summed E-state index contributed by atoms with van der Waals surface area (Å²) in [4.78, 5) is 26.2. The molecule has 6 nitrogen and oxygen atoms in total. The van der Waals surface area contributed by atoms with Crippen LogP contribution in [0.4, 0.5) is 0 Å². The fourth-order valence-electron chi connectivity index (χ4n) is 1.51. The largest absolute Gasteiger partial charge is 0.476 e. The van der Waals surface area contributed by atoms with Crippen molar-refractivity contribution in [2.45, 2.75) is 13.0 Å². The van der Waals surface area contributed by atoms with Crippen molar-refractivity contribution in [2.24, 2.45) is 0 Å². The molecule has 2 aromatic rings. The molecule has 0 spiro atoms. The van der Waals surface area contributed by atoms with Crippen LogP contribution in [0.25, 0.3) is 0 Å². The van der Waals surface area contributed by atoms with E-state index in [1.165, 1.54) is 12.1 Å². The number of aryl methyl sites for hydroxylation is 2. The van der Waals surface area contributed by atoms with Gasteiger partial charge in [-0.3, -0.25) is 9.78 Å².